The van der Waals surface area contributed by atoms with Crippen LogP contribution in [-0.4, -0.2) is 25.6 Å². The predicted octanol–water partition coefficient (Wildman–Crippen LogP) is 5.77. The smallest absolute Gasteiger partial charge is 0.354 e. The van der Waals surface area contributed by atoms with Crippen molar-refractivity contribution in [2.75, 3.05) is 0 Å². The largest absolute Gasteiger partial charge is 0.477 e. The van der Waals surface area contributed by atoms with E-state index < -0.39 is 5.97 Å². The van der Waals surface area contributed by atoms with Gasteiger partial charge in [0.05, 0.1) is 23.3 Å². The molecule has 0 unspecified atom stereocenters. The summed E-state index contributed by atoms with van der Waals surface area (Å²) in [6, 6.07) is 14.4. The lowest BCUT2D eigenvalue weighted by molar-refractivity contribution is 0.0690. The number of aromatic carboxylic acids is 1. The highest BCUT2D eigenvalue weighted by atomic mass is 35.5. The van der Waals surface area contributed by atoms with E-state index in [0.29, 0.717) is 22.3 Å². The summed E-state index contributed by atoms with van der Waals surface area (Å²) in [4.78, 5) is 20.3. The number of carbonyl (C=O) groups is 1. The van der Waals surface area contributed by atoms with Crippen molar-refractivity contribution in [3.05, 3.63) is 81.2 Å². The normalized spacial score (nSPS) is 11.2. The zero-order valence-corrected chi connectivity index (χ0v) is 17.3. The molecule has 0 radical (unpaired) electrons. The van der Waals surface area contributed by atoms with Gasteiger partial charge in [-0.15, -0.1) is 0 Å². The summed E-state index contributed by atoms with van der Waals surface area (Å²) in [6.45, 7) is 4.48. The quantitative estimate of drug-likeness (QED) is 0.450. The van der Waals surface area contributed by atoms with E-state index in [1.165, 1.54) is 6.07 Å². The highest BCUT2D eigenvalue weighted by molar-refractivity contribution is 6.35. The molecule has 2 aromatic carbocycles. The van der Waals surface area contributed by atoms with E-state index in [2.05, 4.69) is 9.55 Å². The van der Waals surface area contributed by atoms with Gasteiger partial charge in [-0.25, -0.2) is 14.8 Å². The minimum absolute atomic E-state index is 0.0119. The Morgan fingerprint density at radius 2 is 1.86 bits per heavy atom. The van der Waals surface area contributed by atoms with Crippen LogP contribution < -0.4 is 0 Å². The summed E-state index contributed by atoms with van der Waals surface area (Å²) in [5.41, 5.74) is 5.21. The molecule has 4 rings (SSSR count). The van der Waals surface area contributed by atoms with E-state index in [1.54, 1.807) is 18.2 Å². The van der Waals surface area contributed by atoms with Gasteiger partial charge in [-0.3, -0.25) is 0 Å². The number of nitrogens with zero attached hydrogens (tertiary/aromatic N) is 3. The zero-order chi connectivity index (χ0) is 20.7. The van der Waals surface area contributed by atoms with Crippen LogP contribution in [-0.2, 0) is 6.54 Å². The van der Waals surface area contributed by atoms with Crippen LogP contribution in [0.3, 0.4) is 0 Å². The van der Waals surface area contributed by atoms with Crippen molar-refractivity contribution in [2.24, 2.45) is 0 Å². The average molecular weight is 426 g/mol. The molecule has 7 heteroatoms. The molecule has 5 nitrogen and oxygen atoms in total. The SMILES string of the molecule is Cc1cc(-c2cccc(C(=O)O)n2)cc2c1nc(C)n2Cc1ccc(Cl)cc1Cl. The summed E-state index contributed by atoms with van der Waals surface area (Å²) < 4.78 is 2.09. The van der Waals surface area contributed by atoms with Gasteiger partial charge in [0, 0.05) is 15.6 Å². The number of aromatic nitrogens is 3. The second-order valence-electron chi connectivity index (χ2n) is 6.85. The zero-order valence-electron chi connectivity index (χ0n) is 15.8. The number of hydrogen-bond acceptors (Lipinski definition) is 3. The molecule has 0 atom stereocenters. The maximum Gasteiger partial charge on any atom is 0.354 e. The Morgan fingerprint density at radius 3 is 2.59 bits per heavy atom. The fourth-order valence-corrected chi connectivity index (χ4v) is 3.86. The maximum absolute atomic E-state index is 11.3. The summed E-state index contributed by atoms with van der Waals surface area (Å²) in [5, 5.41) is 10.4. The standard InChI is InChI=1S/C22H17Cl2N3O2/c1-12-8-15(18-4-3-5-19(26-18)22(28)29)9-20-21(12)25-13(2)27(20)11-14-6-7-16(23)10-17(14)24/h3-10H,11H2,1-2H3,(H,28,29). The van der Waals surface area contributed by atoms with Gasteiger partial charge in [-0.05, 0) is 61.4 Å². The van der Waals surface area contributed by atoms with Crippen LogP contribution in [0, 0.1) is 13.8 Å². The Balaban J connectivity index is 1.85. The number of fused-ring (bicyclic) bond motifs is 1. The van der Waals surface area contributed by atoms with Crippen molar-refractivity contribution < 1.29 is 9.90 Å². The Hall–Kier alpha value is -2.89. The van der Waals surface area contributed by atoms with Crippen molar-refractivity contribution >= 4 is 40.2 Å². The molecule has 29 heavy (non-hydrogen) atoms. The van der Waals surface area contributed by atoms with Crippen LogP contribution in [0.25, 0.3) is 22.3 Å². The molecule has 0 saturated carbocycles. The van der Waals surface area contributed by atoms with Crippen molar-refractivity contribution in [1.29, 1.82) is 0 Å². The number of imidazole rings is 1. The number of aryl methyl sites for hydroxylation is 2. The minimum Gasteiger partial charge on any atom is -0.477 e. The number of pyridine rings is 1. The molecule has 0 aliphatic rings. The molecule has 0 aliphatic heterocycles. The van der Waals surface area contributed by atoms with E-state index in [-0.39, 0.29) is 5.69 Å². The Bertz CT molecular complexity index is 1260. The molecule has 0 amide bonds. The number of rotatable bonds is 4. The maximum atomic E-state index is 11.3. The number of halogens is 2. The van der Waals surface area contributed by atoms with Gasteiger partial charge < -0.3 is 9.67 Å². The third-order valence-corrected chi connectivity index (χ3v) is 5.43. The number of benzene rings is 2. The molecule has 1 N–H and O–H groups in total. The minimum atomic E-state index is -1.05. The number of carboxylic acids is 1. The lowest BCUT2D eigenvalue weighted by Crippen LogP contribution is -2.03. The van der Waals surface area contributed by atoms with Crippen LogP contribution in [0.5, 0.6) is 0 Å². The van der Waals surface area contributed by atoms with Crippen LogP contribution in [0.1, 0.15) is 27.4 Å². The number of hydrogen-bond donors (Lipinski definition) is 1. The van der Waals surface area contributed by atoms with Crippen molar-refractivity contribution in [3.8, 4) is 11.3 Å². The van der Waals surface area contributed by atoms with E-state index in [4.69, 9.17) is 28.2 Å². The van der Waals surface area contributed by atoms with Crippen molar-refractivity contribution in [3.63, 3.8) is 0 Å². The Kier molecular flexibility index (Phi) is 5.03. The molecule has 0 saturated heterocycles. The molecule has 146 valence electrons. The molecule has 4 aromatic rings. The first-order valence-electron chi connectivity index (χ1n) is 8.95. The lowest BCUT2D eigenvalue weighted by atomic mass is 10.1. The fourth-order valence-electron chi connectivity index (χ4n) is 3.39. The molecule has 0 spiro atoms. The molecular weight excluding hydrogens is 409 g/mol. The second kappa shape index (κ2) is 7.50. The summed E-state index contributed by atoms with van der Waals surface area (Å²) in [5.74, 6) is -0.193. The molecular formula is C22H17Cl2N3O2. The summed E-state index contributed by atoms with van der Waals surface area (Å²) in [6.07, 6.45) is 0. The van der Waals surface area contributed by atoms with Gasteiger partial charge in [0.1, 0.15) is 11.5 Å². The van der Waals surface area contributed by atoms with Gasteiger partial charge in [0.2, 0.25) is 0 Å². The van der Waals surface area contributed by atoms with E-state index in [9.17, 15) is 9.90 Å². The van der Waals surface area contributed by atoms with Crippen LogP contribution in [0.15, 0.2) is 48.5 Å². The average Bonchev–Trinajstić information content (AvgIpc) is 3.00. The molecule has 2 heterocycles. The first kappa shape index (κ1) is 19.4. The predicted molar refractivity (Wildman–Crippen MR) is 115 cm³/mol. The first-order valence-corrected chi connectivity index (χ1v) is 9.71. The van der Waals surface area contributed by atoms with Crippen molar-refractivity contribution in [2.45, 2.75) is 20.4 Å². The van der Waals surface area contributed by atoms with E-state index in [1.807, 2.05) is 38.1 Å². The molecule has 0 bridgehead atoms. The monoisotopic (exact) mass is 425 g/mol. The molecule has 2 aromatic heterocycles. The molecule has 0 fully saturated rings. The van der Waals surface area contributed by atoms with E-state index >= 15 is 0 Å². The summed E-state index contributed by atoms with van der Waals surface area (Å²) >= 11 is 12.4. The number of carboxylic acid groups (broad SMARTS) is 1. The van der Waals surface area contributed by atoms with Crippen LogP contribution in [0.4, 0.5) is 0 Å². The highest BCUT2D eigenvalue weighted by Gasteiger charge is 2.15. The fraction of sp³-hybridized carbons (Fsp3) is 0.136. The van der Waals surface area contributed by atoms with Gasteiger partial charge in [0.15, 0.2) is 0 Å². The third-order valence-electron chi connectivity index (χ3n) is 4.84. The second-order valence-corrected chi connectivity index (χ2v) is 7.70. The topological polar surface area (TPSA) is 68.0 Å². The van der Waals surface area contributed by atoms with Gasteiger partial charge in [-0.2, -0.15) is 0 Å². The summed E-state index contributed by atoms with van der Waals surface area (Å²) in [7, 11) is 0. The Morgan fingerprint density at radius 1 is 1.07 bits per heavy atom. The van der Waals surface area contributed by atoms with E-state index in [0.717, 1.165) is 33.5 Å². The lowest BCUT2D eigenvalue weighted by Gasteiger charge is -2.11. The molecule has 0 aliphatic carbocycles. The van der Waals surface area contributed by atoms with Crippen molar-refractivity contribution in [1.82, 2.24) is 14.5 Å². The van der Waals surface area contributed by atoms with Gasteiger partial charge in [0.25, 0.3) is 0 Å². The Labute approximate surface area is 177 Å². The van der Waals surface area contributed by atoms with Crippen LogP contribution in [0.2, 0.25) is 10.0 Å². The highest BCUT2D eigenvalue weighted by Crippen LogP contribution is 2.29. The van der Waals surface area contributed by atoms with Gasteiger partial charge in [-0.1, -0.05) is 35.3 Å². The van der Waals surface area contributed by atoms with Gasteiger partial charge >= 0.3 is 5.97 Å². The van der Waals surface area contributed by atoms with Crippen LogP contribution >= 0.6 is 23.2 Å². The third kappa shape index (κ3) is 3.71. The first-order chi connectivity index (χ1) is 13.8.